The van der Waals surface area contributed by atoms with Gasteiger partial charge in [0, 0.05) is 30.7 Å². The first-order valence-electron chi connectivity index (χ1n) is 9.97. The summed E-state index contributed by atoms with van der Waals surface area (Å²) in [5.41, 5.74) is 4.40. The fraction of sp³-hybridized carbons (Fsp3) is 0.208. The van der Waals surface area contributed by atoms with Crippen molar-refractivity contribution in [2.45, 2.75) is 26.4 Å². The van der Waals surface area contributed by atoms with Gasteiger partial charge in [0.1, 0.15) is 5.75 Å². The number of nitrogens with zero attached hydrogens (tertiary/aromatic N) is 1. The van der Waals surface area contributed by atoms with Crippen LogP contribution in [0.5, 0.6) is 5.75 Å². The highest BCUT2D eigenvalue weighted by Gasteiger charge is 2.05. The van der Waals surface area contributed by atoms with Crippen LogP contribution in [-0.2, 0) is 24.3 Å². The summed E-state index contributed by atoms with van der Waals surface area (Å²) in [7, 11) is 1.61. The highest BCUT2D eigenvalue weighted by Crippen LogP contribution is 2.12. The molecule has 3 amide bonds. The van der Waals surface area contributed by atoms with Crippen LogP contribution in [0, 0.1) is 6.92 Å². The van der Waals surface area contributed by atoms with Gasteiger partial charge >= 0.3 is 6.03 Å². The molecule has 1 aromatic heterocycles. The van der Waals surface area contributed by atoms with Crippen LogP contribution in [0.15, 0.2) is 66.9 Å². The van der Waals surface area contributed by atoms with Gasteiger partial charge in [-0.3, -0.25) is 9.78 Å². The number of anilines is 1. The molecule has 0 saturated carbocycles. The van der Waals surface area contributed by atoms with Gasteiger partial charge in [0.15, 0.2) is 0 Å². The number of aryl methyl sites for hydroxylation is 1. The van der Waals surface area contributed by atoms with Crippen molar-refractivity contribution in [3.05, 3.63) is 89.2 Å². The molecule has 0 atom stereocenters. The Morgan fingerprint density at radius 3 is 2.06 bits per heavy atom. The van der Waals surface area contributed by atoms with Crippen LogP contribution < -0.4 is 20.7 Å². The normalized spacial score (nSPS) is 10.3. The summed E-state index contributed by atoms with van der Waals surface area (Å²) in [6, 6.07) is 18.4. The Morgan fingerprint density at radius 2 is 1.45 bits per heavy atom. The van der Waals surface area contributed by atoms with Crippen molar-refractivity contribution < 1.29 is 14.3 Å². The van der Waals surface area contributed by atoms with Crippen molar-refractivity contribution in [1.29, 1.82) is 0 Å². The molecule has 0 fully saturated rings. The Bertz CT molecular complexity index is 1000. The number of methoxy groups -OCH3 is 1. The first-order valence-corrected chi connectivity index (χ1v) is 9.97. The van der Waals surface area contributed by atoms with Gasteiger partial charge < -0.3 is 20.7 Å². The number of ether oxygens (including phenoxy) is 1. The number of benzene rings is 2. The van der Waals surface area contributed by atoms with Gasteiger partial charge in [-0.1, -0.05) is 30.3 Å². The summed E-state index contributed by atoms with van der Waals surface area (Å²) < 4.78 is 5.12. The van der Waals surface area contributed by atoms with Crippen molar-refractivity contribution in [1.82, 2.24) is 15.6 Å². The van der Waals surface area contributed by atoms with Gasteiger partial charge in [0.05, 0.1) is 13.5 Å². The molecular formula is C24H26N4O3. The summed E-state index contributed by atoms with van der Waals surface area (Å²) in [6.07, 6.45) is 2.01. The van der Waals surface area contributed by atoms with Crippen molar-refractivity contribution in [2.75, 3.05) is 12.4 Å². The molecule has 0 aliphatic carbocycles. The smallest absolute Gasteiger partial charge is 0.319 e. The van der Waals surface area contributed by atoms with Crippen molar-refractivity contribution in [2.24, 2.45) is 0 Å². The van der Waals surface area contributed by atoms with Crippen LogP contribution in [0.1, 0.15) is 22.4 Å². The van der Waals surface area contributed by atoms with E-state index >= 15 is 0 Å². The molecule has 7 heteroatoms. The Kier molecular flexibility index (Phi) is 7.59. The maximum atomic E-state index is 12.1. The van der Waals surface area contributed by atoms with Gasteiger partial charge in [-0.15, -0.1) is 0 Å². The van der Waals surface area contributed by atoms with E-state index in [1.54, 1.807) is 25.4 Å². The second-order valence-electron chi connectivity index (χ2n) is 7.11. The van der Waals surface area contributed by atoms with Crippen molar-refractivity contribution in [3.8, 4) is 5.75 Å². The number of urea groups is 1. The predicted octanol–water partition coefficient (Wildman–Crippen LogP) is 3.58. The van der Waals surface area contributed by atoms with E-state index in [0.29, 0.717) is 25.2 Å². The number of hydrogen-bond acceptors (Lipinski definition) is 4. The molecular weight excluding hydrogens is 392 g/mol. The second kappa shape index (κ2) is 10.8. The van der Waals surface area contributed by atoms with E-state index in [2.05, 4.69) is 20.9 Å². The van der Waals surface area contributed by atoms with Crippen molar-refractivity contribution >= 4 is 17.6 Å². The Balaban J connectivity index is 1.41. The molecule has 0 aliphatic rings. The third-order valence-corrected chi connectivity index (χ3v) is 4.65. The van der Waals surface area contributed by atoms with Crippen LogP contribution in [0.25, 0.3) is 0 Å². The average Bonchev–Trinajstić information content (AvgIpc) is 2.79. The zero-order valence-corrected chi connectivity index (χ0v) is 17.6. The van der Waals surface area contributed by atoms with Crippen LogP contribution in [0.3, 0.4) is 0 Å². The predicted molar refractivity (Wildman–Crippen MR) is 120 cm³/mol. The topological polar surface area (TPSA) is 92.4 Å². The lowest BCUT2D eigenvalue weighted by Gasteiger charge is -2.10. The Hall–Kier alpha value is -3.87. The van der Waals surface area contributed by atoms with E-state index < -0.39 is 0 Å². The summed E-state index contributed by atoms with van der Waals surface area (Å²) in [4.78, 5) is 28.4. The summed E-state index contributed by atoms with van der Waals surface area (Å²) >= 11 is 0. The van der Waals surface area contributed by atoms with E-state index in [4.69, 9.17) is 4.74 Å². The summed E-state index contributed by atoms with van der Waals surface area (Å²) in [5, 5.41) is 8.50. The largest absolute Gasteiger partial charge is 0.497 e. The zero-order valence-electron chi connectivity index (χ0n) is 17.6. The number of carbonyl (C=O) groups excluding carboxylic acids is 2. The molecule has 7 nitrogen and oxygen atoms in total. The van der Waals surface area contributed by atoms with E-state index in [1.807, 2.05) is 55.5 Å². The lowest BCUT2D eigenvalue weighted by Crippen LogP contribution is -2.28. The fourth-order valence-corrected chi connectivity index (χ4v) is 2.86. The average molecular weight is 418 g/mol. The maximum Gasteiger partial charge on any atom is 0.319 e. The van der Waals surface area contributed by atoms with Gasteiger partial charge in [-0.2, -0.15) is 0 Å². The minimum absolute atomic E-state index is 0.0641. The molecule has 160 valence electrons. The van der Waals surface area contributed by atoms with Crippen LogP contribution in [-0.4, -0.2) is 24.0 Å². The molecule has 2 aromatic carbocycles. The van der Waals surface area contributed by atoms with Gasteiger partial charge in [-0.25, -0.2) is 4.79 Å². The standard InChI is InChI=1S/C24H26N4O3/c1-17-3-4-20(16-25-17)13-23(29)26-14-18-5-9-21(10-6-18)28-24(30)27-15-19-7-11-22(31-2)12-8-19/h3-12,16H,13-15H2,1-2H3,(H,26,29)(H2,27,28,30). The van der Waals surface area contributed by atoms with E-state index in [1.165, 1.54) is 0 Å². The van der Waals surface area contributed by atoms with Crippen LogP contribution >= 0.6 is 0 Å². The number of carbonyl (C=O) groups is 2. The Labute approximate surface area is 181 Å². The third kappa shape index (κ3) is 7.15. The van der Waals surface area contributed by atoms with Crippen molar-refractivity contribution in [3.63, 3.8) is 0 Å². The SMILES string of the molecule is COc1ccc(CNC(=O)Nc2ccc(CNC(=O)Cc3ccc(C)nc3)cc2)cc1. The highest BCUT2D eigenvalue weighted by atomic mass is 16.5. The van der Waals surface area contributed by atoms with E-state index in [9.17, 15) is 9.59 Å². The molecule has 3 rings (SSSR count). The second-order valence-corrected chi connectivity index (χ2v) is 7.11. The lowest BCUT2D eigenvalue weighted by molar-refractivity contribution is -0.120. The number of amides is 3. The van der Waals surface area contributed by atoms with Crippen LogP contribution in [0.4, 0.5) is 10.5 Å². The minimum Gasteiger partial charge on any atom is -0.497 e. The number of aromatic nitrogens is 1. The van der Waals surface area contributed by atoms with E-state index in [0.717, 1.165) is 28.1 Å². The number of pyridine rings is 1. The molecule has 1 heterocycles. The Morgan fingerprint density at radius 1 is 0.839 bits per heavy atom. The molecule has 0 bridgehead atoms. The molecule has 3 N–H and O–H groups in total. The monoisotopic (exact) mass is 418 g/mol. The zero-order chi connectivity index (χ0) is 22.1. The first-order chi connectivity index (χ1) is 15.0. The molecule has 0 radical (unpaired) electrons. The quantitative estimate of drug-likeness (QED) is 0.521. The molecule has 0 aliphatic heterocycles. The molecule has 3 aromatic rings. The summed E-state index contributed by atoms with van der Waals surface area (Å²) in [5.74, 6) is 0.711. The first kappa shape index (κ1) is 21.8. The maximum absolute atomic E-state index is 12.1. The number of nitrogens with one attached hydrogen (secondary N) is 3. The molecule has 31 heavy (non-hydrogen) atoms. The highest BCUT2D eigenvalue weighted by molar-refractivity contribution is 5.89. The summed E-state index contributed by atoms with van der Waals surface area (Å²) in [6.45, 7) is 2.74. The van der Waals surface area contributed by atoms with Gasteiger partial charge in [-0.05, 0) is 53.9 Å². The number of hydrogen-bond donors (Lipinski definition) is 3. The number of rotatable bonds is 8. The molecule has 0 unspecified atom stereocenters. The lowest BCUT2D eigenvalue weighted by atomic mass is 10.1. The molecule has 0 spiro atoms. The van der Waals surface area contributed by atoms with Gasteiger partial charge in [0.25, 0.3) is 0 Å². The third-order valence-electron chi connectivity index (χ3n) is 4.65. The van der Waals surface area contributed by atoms with Gasteiger partial charge in [0.2, 0.25) is 5.91 Å². The molecule has 0 saturated heterocycles. The minimum atomic E-state index is -0.288. The fourth-order valence-electron chi connectivity index (χ4n) is 2.86. The van der Waals surface area contributed by atoms with Crippen LogP contribution in [0.2, 0.25) is 0 Å². The van der Waals surface area contributed by atoms with E-state index in [-0.39, 0.29) is 11.9 Å².